The van der Waals surface area contributed by atoms with Crippen LogP contribution in [-0.2, 0) is 13.0 Å². The molecule has 2 rings (SSSR count). The van der Waals surface area contributed by atoms with Crippen LogP contribution in [0, 0.1) is 5.92 Å². The van der Waals surface area contributed by atoms with E-state index in [0.717, 1.165) is 37.8 Å². The smallest absolute Gasteiger partial charge is 0.128 e. The van der Waals surface area contributed by atoms with Crippen molar-refractivity contribution in [2.75, 3.05) is 18.5 Å². The zero-order valence-corrected chi connectivity index (χ0v) is 14.2. The van der Waals surface area contributed by atoms with E-state index in [1.54, 1.807) is 0 Å². The standard InChI is InChI=1S/C18H31N3/c1-5-7-17-10-15(12-19-16-8-9-16)11-18(20-17)21(4)13-14(3)6-2/h10-11,14,16,19H,5-9,12-13H2,1-4H3. The molecule has 118 valence electrons. The highest BCUT2D eigenvalue weighted by molar-refractivity contribution is 5.42. The Morgan fingerprint density at radius 2 is 2.10 bits per heavy atom. The molecule has 1 unspecified atom stereocenters. The van der Waals surface area contributed by atoms with Gasteiger partial charge in [0.05, 0.1) is 0 Å². The zero-order chi connectivity index (χ0) is 15.2. The van der Waals surface area contributed by atoms with Crippen molar-refractivity contribution in [3.63, 3.8) is 0 Å². The van der Waals surface area contributed by atoms with Crippen LogP contribution in [0.5, 0.6) is 0 Å². The highest BCUT2D eigenvalue weighted by atomic mass is 15.2. The van der Waals surface area contributed by atoms with Crippen LogP contribution in [-0.4, -0.2) is 24.6 Å². The molecule has 0 spiro atoms. The molecule has 1 aromatic heterocycles. The third kappa shape index (κ3) is 5.31. The number of hydrogen-bond donors (Lipinski definition) is 1. The van der Waals surface area contributed by atoms with E-state index in [-0.39, 0.29) is 0 Å². The van der Waals surface area contributed by atoms with E-state index >= 15 is 0 Å². The average molecular weight is 289 g/mol. The predicted molar refractivity (Wildman–Crippen MR) is 90.8 cm³/mol. The van der Waals surface area contributed by atoms with Crippen LogP contribution in [0.1, 0.15) is 57.7 Å². The van der Waals surface area contributed by atoms with Crippen molar-refractivity contribution in [3.8, 4) is 0 Å². The van der Waals surface area contributed by atoms with E-state index in [4.69, 9.17) is 4.98 Å². The molecule has 3 heteroatoms. The minimum atomic E-state index is 0.708. The fourth-order valence-electron chi connectivity index (χ4n) is 2.55. The van der Waals surface area contributed by atoms with Gasteiger partial charge in [-0.2, -0.15) is 0 Å². The third-order valence-electron chi connectivity index (χ3n) is 4.28. The molecule has 1 aliphatic carbocycles. The Labute approximate surface area is 130 Å². The molecular formula is C18H31N3. The SMILES string of the molecule is CCCc1cc(CNC2CC2)cc(N(C)CC(C)CC)n1. The lowest BCUT2D eigenvalue weighted by Gasteiger charge is -2.23. The van der Waals surface area contributed by atoms with Crippen LogP contribution in [0.25, 0.3) is 0 Å². The van der Waals surface area contributed by atoms with Crippen molar-refractivity contribution in [1.29, 1.82) is 0 Å². The van der Waals surface area contributed by atoms with Gasteiger partial charge in [0.1, 0.15) is 5.82 Å². The average Bonchev–Trinajstić information content (AvgIpc) is 3.29. The first kappa shape index (κ1) is 16.3. The summed E-state index contributed by atoms with van der Waals surface area (Å²) in [6, 6.07) is 5.30. The summed E-state index contributed by atoms with van der Waals surface area (Å²) in [6.45, 7) is 8.84. The van der Waals surface area contributed by atoms with E-state index in [9.17, 15) is 0 Å². The van der Waals surface area contributed by atoms with Gasteiger partial charge in [0, 0.05) is 31.9 Å². The Kier molecular flexibility index (Phi) is 6.04. The summed E-state index contributed by atoms with van der Waals surface area (Å²) in [5, 5.41) is 3.61. The summed E-state index contributed by atoms with van der Waals surface area (Å²) in [5.41, 5.74) is 2.62. The molecule has 0 amide bonds. The normalized spacial score (nSPS) is 16.0. The van der Waals surface area contributed by atoms with Crippen LogP contribution in [0.4, 0.5) is 5.82 Å². The first-order valence-electron chi connectivity index (χ1n) is 8.56. The number of hydrogen-bond acceptors (Lipinski definition) is 3. The number of pyridine rings is 1. The Morgan fingerprint density at radius 3 is 2.71 bits per heavy atom. The van der Waals surface area contributed by atoms with Crippen molar-refractivity contribution >= 4 is 5.82 Å². The Balaban J connectivity index is 2.08. The zero-order valence-electron chi connectivity index (χ0n) is 14.2. The number of nitrogens with one attached hydrogen (secondary N) is 1. The van der Waals surface area contributed by atoms with Gasteiger partial charge in [-0.25, -0.2) is 4.98 Å². The van der Waals surface area contributed by atoms with Crippen molar-refractivity contribution < 1.29 is 0 Å². The minimum Gasteiger partial charge on any atom is -0.359 e. The maximum Gasteiger partial charge on any atom is 0.128 e. The molecule has 1 atom stereocenters. The maximum atomic E-state index is 4.85. The topological polar surface area (TPSA) is 28.2 Å². The van der Waals surface area contributed by atoms with Crippen LogP contribution >= 0.6 is 0 Å². The van der Waals surface area contributed by atoms with Gasteiger partial charge in [0.2, 0.25) is 0 Å². The van der Waals surface area contributed by atoms with E-state index < -0.39 is 0 Å². The second-order valence-electron chi connectivity index (χ2n) is 6.62. The van der Waals surface area contributed by atoms with Crippen LogP contribution in [0.3, 0.4) is 0 Å². The molecule has 3 nitrogen and oxygen atoms in total. The van der Waals surface area contributed by atoms with Gasteiger partial charge in [-0.15, -0.1) is 0 Å². The molecule has 1 fully saturated rings. The van der Waals surface area contributed by atoms with Crippen molar-refractivity contribution in [1.82, 2.24) is 10.3 Å². The Morgan fingerprint density at radius 1 is 1.33 bits per heavy atom. The molecule has 0 aromatic carbocycles. The van der Waals surface area contributed by atoms with Crippen LogP contribution < -0.4 is 10.2 Å². The molecular weight excluding hydrogens is 258 g/mol. The monoisotopic (exact) mass is 289 g/mol. The van der Waals surface area contributed by atoms with Gasteiger partial charge in [-0.3, -0.25) is 0 Å². The second kappa shape index (κ2) is 7.79. The fraction of sp³-hybridized carbons (Fsp3) is 0.722. The number of nitrogens with zero attached hydrogens (tertiary/aromatic N) is 2. The highest BCUT2D eigenvalue weighted by Gasteiger charge is 2.20. The van der Waals surface area contributed by atoms with E-state index in [2.05, 4.69) is 50.2 Å². The second-order valence-corrected chi connectivity index (χ2v) is 6.62. The van der Waals surface area contributed by atoms with Gasteiger partial charge in [0.25, 0.3) is 0 Å². The number of aromatic nitrogens is 1. The lowest BCUT2D eigenvalue weighted by molar-refractivity contribution is 0.557. The molecule has 1 N–H and O–H groups in total. The first-order chi connectivity index (χ1) is 10.1. The lowest BCUT2D eigenvalue weighted by atomic mass is 10.1. The first-order valence-corrected chi connectivity index (χ1v) is 8.56. The quantitative estimate of drug-likeness (QED) is 0.750. The van der Waals surface area contributed by atoms with Gasteiger partial charge in [0.15, 0.2) is 0 Å². The predicted octanol–water partition coefficient (Wildman–Crippen LogP) is 3.77. The molecule has 1 saturated carbocycles. The van der Waals surface area contributed by atoms with Gasteiger partial charge in [-0.1, -0.05) is 33.6 Å². The molecule has 1 aliphatic rings. The van der Waals surface area contributed by atoms with Crippen molar-refractivity contribution in [2.45, 2.75) is 65.5 Å². The number of aryl methyl sites for hydroxylation is 1. The summed E-state index contributed by atoms with van der Waals surface area (Å²) in [7, 11) is 2.17. The summed E-state index contributed by atoms with van der Waals surface area (Å²) in [6.07, 6.45) is 6.12. The van der Waals surface area contributed by atoms with Gasteiger partial charge < -0.3 is 10.2 Å². The van der Waals surface area contributed by atoms with Crippen molar-refractivity contribution in [3.05, 3.63) is 23.4 Å². The largest absolute Gasteiger partial charge is 0.359 e. The summed E-state index contributed by atoms with van der Waals surface area (Å²) < 4.78 is 0. The summed E-state index contributed by atoms with van der Waals surface area (Å²) in [5.74, 6) is 1.84. The Hall–Kier alpha value is -1.09. The van der Waals surface area contributed by atoms with Crippen LogP contribution in [0.2, 0.25) is 0 Å². The van der Waals surface area contributed by atoms with E-state index in [1.165, 1.54) is 30.5 Å². The fourth-order valence-corrected chi connectivity index (χ4v) is 2.55. The molecule has 0 saturated heterocycles. The summed E-state index contributed by atoms with van der Waals surface area (Å²) in [4.78, 5) is 7.16. The molecule has 0 aliphatic heterocycles. The van der Waals surface area contributed by atoms with E-state index in [0.29, 0.717) is 5.92 Å². The van der Waals surface area contributed by atoms with E-state index in [1.807, 2.05) is 0 Å². The van der Waals surface area contributed by atoms with Crippen LogP contribution in [0.15, 0.2) is 12.1 Å². The maximum absolute atomic E-state index is 4.85. The lowest BCUT2D eigenvalue weighted by Crippen LogP contribution is -2.25. The Bertz CT molecular complexity index is 440. The summed E-state index contributed by atoms with van der Waals surface area (Å²) >= 11 is 0. The molecule has 21 heavy (non-hydrogen) atoms. The molecule has 0 bridgehead atoms. The molecule has 1 aromatic rings. The highest BCUT2D eigenvalue weighted by Crippen LogP contribution is 2.21. The van der Waals surface area contributed by atoms with Gasteiger partial charge >= 0.3 is 0 Å². The third-order valence-corrected chi connectivity index (χ3v) is 4.28. The van der Waals surface area contributed by atoms with Gasteiger partial charge in [-0.05, 0) is 42.9 Å². The minimum absolute atomic E-state index is 0.708. The molecule has 0 radical (unpaired) electrons. The molecule has 1 heterocycles. The number of anilines is 1. The number of rotatable bonds is 9. The van der Waals surface area contributed by atoms with Crippen molar-refractivity contribution in [2.24, 2.45) is 5.92 Å².